The second-order valence-electron chi connectivity index (χ2n) is 9.77. The zero-order valence-electron chi connectivity index (χ0n) is 19.1. The summed E-state index contributed by atoms with van der Waals surface area (Å²) in [7, 11) is 0. The molecule has 35 heavy (non-hydrogen) atoms. The largest absolute Gasteiger partial charge is 0.370 e. The number of hydrogen-bond donors (Lipinski definition) is 1. The number of pyridine rings is 2. The van der Waals surface area contributed by atoms with Crippen molar-refractivity contribution in [1.29, 1.82) is 5.26 Å². The topological polar surface area (TPSA) is 81.9 Å². The van der Waals surface area contributed by atoms with E-state index >= 15 is 0 Å². The van der Waals surface area contributed by atoms with Gasteiger partial charge in [0.05, 0.1) is 52.6 Å². The van der Waals surface area contributed by atoms with Gasteiger partial charge < -0.3 is 10.2 Å². The number of nitrogens with one attached hydrogen (secondary N) is 1. The maximum absolute atomic E-state index is 14.7. The second-order valence-corrected chi connectivity index (χ2v) is 9.77. The number of hydrogen-bond acceptors (Lipinski definition) is 5. The molecule has 2 aliphatic heterocycles. The van der Waals surface area contributed by atoms with Gasteiger partial charge in [0.15, 0.2) is 0 Å². The number of fused-ring (bicyclic) bond motifs is 1. The van der Waals surface area contributed by atoms with Crippen LogP contribution in [-0.2, 0) is 13.0 Å². The van der Waals surface area contributed by atoms with E-state index in [1.54, 1.807) is 12.1 Å². The summed E-state index contributed by atoms with van der Waals surface area (Å²) in [6.07, 6.45) is 7.38. The van der Waals surface area contributed by atoms with Crippen molar-refractivity contribution in [2.75, 3.05) is 18.0 Å². The van der Waals surface area contributed by atoms with Gasteiger partial charge in [0.2, 0.25) is 0 Å². The Morgan fingerprint density at radius 1 is 1.06 bits per heavy atom. The lowest BCUT2D eigenvalue weighted by molar-refractivity contribution is 0.0965. The third-order valence-electron chi connectivity index (χ3n) is 7.57. The summed E-state index contributed by atoms with van der Waals surface area (Å²) in [6.45, 7) is 2.28. The fraction of sp³-hybridized carbons (Fsp3) is 0.333. The van der Waals surface area contributed by atoms with Crippen molar-refractivity contribution in [3.63, 3.8) is 0 Å². The van der Waals surface area contributed by atoms with Gasteiger partial charge in [-0.3, -0.25) is 9.78 Å². The minimum atomic E-state index is -0.866. The van der Waals surface area contributed by atoms with Crippen LogP contribution >= 0.6 is 0 Å². The fourth-order valence-electron chi connectivity index (χ4n) is 5.28. The van der Waals surface area contributed by atoms with Gasteiger partial charge in [-0.1, -0.05) is 0 Å². The molecule has 1 N–H and O–H groups in total. The van der Waals surface area contributed by atoms with Crippen molar-refractivity contribution in [1.82, 2.24) is 15.3 Å². The Kier molecular flexibility index (Phi) is 5.03. The molecule has 6 rings (SSSR count). The molecule has 8 heteroatoms. The van der Waals surface area contributed by atoms with Crippen LogP contribution in [-0.4, -0.2) is 29.0 Å². The molecule has 2 aromatic heterocycles. The number of carbonyl (C=O) groups excluding carboxylic acids is 1. The number of nitriles is 1. The van der Waals surface area contributed by atoms with Gasteiger partial charge in [0, 0.05) is 25.2 Å². The Morgan fingerprint density at radius 3 is 2.43 bits per heavy atom. The molecule has 0 atom stereocenters. The van der Waals surface area contributed by atoms with E-state index in [0.717, 1.165) is 36.6 Å². The highest BCUT2D eigenvalue weighted by atomic mass is 19.1. The molecule has 0 unspecified atom stereocenters. The van der Waals surface area contributed by atoms with Crippen LogP contribution < -0.4 is 10.2 Å². The van der Waals surface area contributed by atoms with Crippen LogP contribution in [0, 0.1) is 28.4 Å². The smallest absolute Gasteiger partial charge is 0.253 e. The highest BCUT2D eigenvalue weighted by molar-refractivity contribution is 5.99. The first-order chi connectivity index (χ1) is 16.9. The van der Waals surface area contributed by atoms with E-state index in [0.29, 0.717) is 28.7 Å². The predicted octanol–water partition coefficient (Wildman–Crippen LogP) is 4.51. The Bertz CT molecular complexity index is 1360. The third-order valence-corrected chi connectivity index (χ3v) is 7.57. The average molecular weight is 472 g/mol. The number of anilines is 1. The maximum atomic E-state index is 14.7. The summed E-state index contributed by atoms with van der Waals surface area (Å²) in [5.74, 6) is -1.99. The predicted molar refractivity (Wildman–Crippen MR) is 126 cm³/mol. The monoisotopic (exact) mass is 471 g/mol. The van der Waals surface area contributed by atoms with Gasteiger partial charge in [-0.15, -0.1) is 0 Å². The highest BCUT2D eigenvalue weighted by Crippen LogP contribution is 2.53. The van der Waals surface area contributed by atoms with Gasteiger partial charge in [-0.05, 0) is 67.0 Å². The van der Waals surface area contributed by atoms with Gasteiger partial charge >= 0.3 is 0 Å². The number of amides is 1. The minimum Gasteiger partial charge on any atom is -0.370 e. The van der Waals surface area contributed by atoms with Crippen LogP contribution in [0.4, 0.5) is 14.5 Å². The fourth-order valence-corrected chi connectivity index (χ4v) is 5.28. The van der Waals surface area contributed by atoms with Crippen molar-refractivity contribution in [2.24, 2.45) is 5.41 Å². The minimum absolute atomic E-state index is 0.0914. The zero-order chi connectivity index (χ0) is 24.2. The van der Waals surface area contributed by atoms with E-state index in [1.165, 1.54) is 25.7 Å². The van der Waals surface area contributed by atoms with E-state index < -0.39 is 11.6 Å². The Labute approximate surface area is 201 Å². The normalized spacial score (nSPS) is 17.7. The molecule has 0 bridgehead atoms. The number of nitrogens with zero attached hydrogens (tertiary/aromatic N) is 4. The molecule has 176 valence electrons. The van der Waals surface area contributed by atoms with Crippen LogP contribution in [0.3, 0.4) is 0 Å². The molecule has 3 aliphatic rings. The molecule has 4 heterocycles. The molecule has 6 nitrogen and oxygen atoms in total. The second kappa shape index (κ2) is 8.12. The summed E-state index contributed by atoms with van der Waals surface area (Å²) >= 11 is 0. The molecular formula is C27H23F2N5O. The first kappa shape index (κ1) is 21.7. The molecule has 1 amide bonds. The van der Waals surface area contributed by atoms with E-state index in [-0.39, 0.29) is 29.3 Å². The number of halogens is 2. The number of aromatic nitrogens is 2. The lowest BCUT2D eigenvalue weighted by atomic mass is 9.93. The quantitative estimate of drug-likeness (QED) is 0.606. The lowest BCUT2D eigenvalue weighted by Crippen LogP contribution is -2.34. The molecule has 1 aliphatic carbocycles. The molecular weight excluding hydrogens is 448 g/mol. The molecule has 3 aromatic rings. The molecule has 0 radical (unpaired) electrons. The van der Waals surface area contributed by atoms with Crippen LogP contribution in [0.15, 0.2) is 36.5 Å². The van der Waals surface area contributed by atoms with Crippen molar-refractivity contribution < 1.29 is 13.6 Å². The molecule has 1 aromatic carbocycles. The third kappa shape index (κ3) is 3.91. The summed E-state index contributed by atoms with van der Waals surface area (Å²) in [5.41, 5.74) is 3.61. The molecule has 1 saturated carbocycles. The first-order valence-electron chi connectivity index (χ1n) is 11.9. The van der Waals surface area contributed by atoms with Crippen molar-refractivity contribution in [2.45, 2.75) is 38.6 Å². The Balaban J connectivity index is 1.31. The lowest BCUT2D eigenvalue weighted by Gasteiger charge is -2.33. The Morgan fingerprint density at radius 2 is 1.80 bits per heavy atom. The summed E-state index contributed by atoms with van der Waals surface area (Å²) in [5, 5.41) is 11.7. The van der Waals surface area contributed by atoms with Crippen molar-refractivity contribution in [3.8, 4) is 17.3 Å². The molecule has 1 spiro atoms. The van der Waals surface area contributed by atoms with Crippen LogP contribution in [0.2, 0.25) is 0 Å². The number of benzene rings is 1. The molecule has 2 fully saturated rings. The van der Waals surface area contributed by atoms with Crippen molar-refractivity contribution >= 4 is 11.6 Å². The van der Waals surface area contributed by atoms with Crippen LogP contribution in [0.25, 0.3) is 11.3 Å². The van der Waals surface area contributed by atoms with Gasteiger partial charge in [-0.2, -0.15) is 5.26 Å². The number of carbonyl (C=O) groups is 1. The van der Waals surface area contributed by atoms with E-state index in [9.17, 15) is 13.6 Å². The van der Waals surface area contributed by atoms with E-state index in [4.69, 9.17) is 5.26 Å². The van der Waals surface area contributed by atoms with Gasteiger partial charge in [-0.25, -0.2) is 13.8 Å². The van der Waals surface area contributed by atoms with Gasteiger partial charge in [0.25, 0.3) is 5.91 Å². The summed E-state index contributed by atoms with van der Waals surface area (Å²) < 4.78 is 29.4. The number of piperidine rings is 1. The van der Waals surface area contributed by atoms with Crippen LogP contribution in [0.5, 0.6) is 0 Å². The number of rotatable bonds is 4. The average Bonchev–Trinajstić information content (AvgIpc) is 3.50. The zero-order valence-corrected chi connectivity index (χ0v) is 19.1. The van der Waals surface area contributed by atoms with E-state index in [1.807, 2.05) is 12.3 Å². The first-order valence-corrected chi connectivity index (χ1v) is 11.9. The standard InChI is InChI=1S/C27H23F2N5O/c28-20-9-16(13-30)10-21(29)25(20)22-12-17(24-23(33-22)15-32-26(24)35)11-18-1-2-19(14-31-18)34-7-5-27(3-4-27)6-8-34/h1-2,9-10,12,14H,3-8,11,15H2,(H,32,35). The highest BCUT2D eigenvalue weighted by Gasteiger charge is 2.44. The van der Waals surface area contributed by atoms with E-state index in [2.05, 4.69) is 26.3 Å². The van der Waals surface area contributed by atoms with Gasteiger partial charge in [0.1, 0.15) is 11.6 Å². The van der Waals surface area contributed by atoms with Crippen LogP contribution in [0.1, 0.15) is 58.6 Å². The Hall–Kier alpha value is -3.86. The molecule has 1 saturated heterocycles. The van der Waals surface area contributed by atoms with Crippen molar-refractivity contribution in [3.05, 3.63) is 76.2 Å². The maximum Gasteiger partial charge on any atom is 0.253 e. The SMILES string of the molecule is N#Cc1cc(F)c(-c2cc(Cc3ccc(N4CCC5(CC4)CC5)cn3)c3c(n2)CNC3=O)c(F)c1. The summed E-state index contributed by atoms with van der Waals surface area (Å²) in [6, 6.07) is 9.27. The summed E-state index contributed by atoms with van der Waals surface area (Å²) in [4.78, 5) is 23.9.